The van der Waals surface area contributed by atoms with Gasteiger partial charge in [-0.05, 0) is 51.3 Å². The Morgan fingerprint density at radius 2 is 1.70 bits per heavy atom. The summed E-state index contributed by atoms with van der Waals surface area (Å²) in [4.78, 5) is 0. The molecule has 0 fully saturated rings. The number of rotatable bonds is 3. The molecular formula is C16H24N4. The van der Waals surface area contributed by atoms with E-state index < -0.39 is 0 Å². The summed E-state index contributed by atoms with van der Waals surface area (Å²) >= 11 is 0. The highest BCUT2D eigenvalue weighted by atomic mass is 15.3. The van der Waals surface area contributed by atoms with Gasteiger partial charge in [0, 0.05) is 12.0 Å². The van der Waals surface area contributed by atoms with Crippen LogP contribution in [0.3, 0.4) is 0 Å². The Hall–Kier alpha value is -1.68. The molecular weight excluding hydrogens is 248 g/mol. The summed E-state index contributed by atoms with van der Waals surface area (Å²) in [5.41, 5.74) is 9.59. The molecule has 20 heavy (non-hydrogen) atoms. The van der Waals surface area contributed by atoms with Crippen molar-refractivity contribution in [3.8, 4) is 0 Å². The van der Waals surface area contributed by atoms with Crippen molar-refractivity contribution in [1.82, 2.24) is 14.8 Å². The van der Waals surface area contributed by atoms with Gasteiger partial charge in [-0.1, -0.05) is 18.2 Å². The van der Waals surface area contributed by atoms with Crippen LogP contribution >= 0.6 is 0 Å². The SMILES string of the molecule is Cc1ccc(Cc2nnc(CN)n2C(C)(C)C)cc1C. The molecule has 1 aromatic carbocycles. The lowest BCUT2D eigenvalue weighted by molar-refractivity contribution is 0.371. The Morgan fingerprint density at radius 1 is 1.05 bits per heavy atom. The quantitative estimate of drug-likeness (QED) is 0.934. The number of benzene rings is 1. The van der Waals surface area contributed by atoms with Crippen molar-refractivity contribution in [2.24, 2.45) is 5.73 Å². The van der Waals surface area contributed by atoms with Gasteiger partial charge in [-0.2, -0.15) is 0 Å². The van der Waals surface area contributed by atoms with Gasteiger partial charge in [0.05, 0.1) is 6.54 Å². The van der Waals surface area contributed by atoms with Crippen molar-refractivity contribution in [3.63, 3.8) is 0 Å². The maximum absolute atomic E-state index is 5.77. The first-order chi connectivity index (χ1) is 9.32. The van der Waals surface area contributed by atoms with E-state index in [9.17, 15) is 0 Å². The predicted octanol–water partition coefficient (Wildman–Crippen LogP) is 2.70. The predicted molar refractivity (Wildman–Crippen MR) is 81.6 cm³/mol. The maximum atomic E-state index is 5.77. The van der Waals surface area contributed by atoms with Crippen molar-refractivity contribution in [1.29, 1.82) is 0 Å². The molecule has 0 unspecified atom stereocenters. The lowest BCUT2D eigenvalue weighted by Gasteiger charge is -2.24. The Labute approximate surface area is 121 Å². The zero-order valence-electron chi connectivity index (χ0n) is 13.1. The first-order valence-electron chi connectivity index (χ1n) is 7.02. The fourth-order valence-corrected chi connectivity index (χ4v) is 2.47. The summed E-state index contributed by atoms with van der Waals surface area (Å²) in [5, 5.41) is 8.56. The molecule has 0 saturated carbocycles. The number of nitrogens with zero attached hydrogens (tertiary/aromatic N) is 3. The highest BCUT2D eigenvalue weighted by Crippen LogP contribution is 2.21. The molecule has 108 valence electrons. The Balaban J connectivity index is 2.38. The first-order valence-corrected chi connectivity index (χ1v) is 7.02. The van der Waals surface area contributed by atoms with E-state index in [1.54, 1.807) is 0 Å². The summed E-state index contributed by atoms with van der Waals surface area (Å²) < 4.78 is 2.15. The molecule has 0 spiro atoms. The van der Waals surface area contributed by atoms with Gasteiger partial charge in [-0.25, -0.2) is 0 Å². The van der Waals surface area contributed by atoms with Crippen LogP contribution in [0.15, 0.2) is 18.2 Å². The molecule has 4 nitrogen and oxygen atoms in total. The zero-order valence-corrected chi connectivity index (χ0v) is 13.1. The van der Waals surface area contributed by atoms with Crippen LogP contribution < -0.4 is 5.73 Å². The van der Waals surface area contributed by atoms with E-state index in [-0.39, 0.29) is 5.54 Å². The van der Waals surface area contributed by atoms with Crippen molar-refractivity contribution in [2.75, 3.05) is 0 Å². The van der Waals surface area contributed by atoms with Crippen molar-refractivity contribution in [2.45, 2.75) is 53.1 Å². The molecule has 0 saturated heterocycles. The van der Waals surface area contributed by atoms with Gasteiger partial charge in [0.2, 0.25) is 0 Å². The summed E-state index contributed by atoms with van der Waals surface area (Å²) in [6.45, 7) is 11.1. The van der Waals surface area contributed by atoms with Gasteiger partial charge in [0.25, 0.3) is 0 Å². The minimum atomic E-state index is -0.0622. The molecule has 2 rings (SSSR count). The second-order valence-electron chi connectivity index (χ2n) is 6.34. The van der Waals surface area contributed by atoms with Gasteiger partial charge in [0.15, 0.2) is 0 Å². The standard InChI is InChI=1S/C16H24N4/c1-11-6-7-13(8-12(11)2)9-14-18-19-15(10-17)20(14)16(3,4)5/h6-8H,9-10,17H2,1-5H3. The molecule has 0 bridgehead atoms. The summed E-state index contributed by atoms with van der Waals surface area (Å²) in [7, 11) is 0. The molecule has 0 aliphatic carbocycles. The van der Waals surface area contributed by atoms with Crippen LogP contribution in [0.2, 0.25) is 0 Å². The minimum absolute atomic E-state index is 0.0622. The van der Waals surface area contributed by atoms with Gasteiger partial charge in [0.1, 0.15) is 11.6 Å². The van der Waals surface area contributed by atoms with Crippen molar-refractivity contribution >= 4 is 0 Å². The molecule has 0 aliphatic heterocycles. The molecule has 4 heteroatoms. The normalized spacial score (nSPS) is 11.9. The lowest BCUT2D eigenvalue weighted by Crippen LogP contribution is -2.27. The first kappa shape index (κ1) is 14.7. The van der Waals surface area contributed by atoms with Crippen LogP contribution in [0.5, 0.6) is 0 Å². The van der Waals surface area contributed by atoms with Gasteiger partial charge < -0.3 is 10.3 Å². The van der Waals surface area contributed by atoms with E-state index in [2.05, 4.69) is 67.6 Å². The van der Waals surface area contributed by atoms with Crippen LogP contribution in [0.25, 0.3) is 0 Å². The lowest BCUT2D eigenvalue weighted by atomic mass is 10.0. The average Bonchev–Trinajstić information content (AvgIpc) is 2.76. The van der Waals surface area contributed by atoms with Crippen LogP contribution in [-0.4, -0.2) is 14.8 Å². The van der Waals surface area contributed by atoms with E-state index in [1.165, 1.54) is 16.7 Å². The molecule has 1 heterocycles. The van der Waals surface area contributed by atoms with Crippen LogP contribution in [0.4, 0.5) is 0 Å². The monoisotopic (exact) mass is 272 g/mol. The summed E-state index contributed by atoms with van der Waals surface area (Å²) in [6.07, 6.45) is 0.783. The number of aryl methyl sites for hydroxylation is 2. The van der Waals surface area contributed by atoms with Gasteiger partial charge >= 0.3 is 0 Å². The zero-order chi connectivity index (χ0) is 14.9. The van der Waals surface area contributed by atoms with E-state index in [1.807, 2.05) is 0 Å². The number of hydrogen-bond acceptors (Lipinski definition) is 3. The molecule has 1 aromatic heterocycles. The highest BCUT2D eigenvalue weighted by molar-refractivity contribution is 5.31. The Bertz CT molecular complexity index is 605. The van der Waals surface area contributed by atoms with Crippen LogP contribution in [-0.2, 0) is 18.5 Å². The Kier molecular flexibility index (Phi) is 3.95. The minimum Gasteiger partial charge on any atom is -0.324 e. The summed E-state index contributed by atoms with van der Waals surface area (Å²) in [6, 6.07) is 6.54. The number of nitrogens with two attached hydrogens (primary N) is 1. The van der Waals surface area contributed by atoms with Crippen LogP contribution in [0.1, 0.15) is 49.1 Å². The Morgan fingerprint density at radius 3 is 2.25 bits per heavy atom. The van der Waals surface area contributed by atoms with E-state index in [0.29, 0.717) is 6.54 Å². The second-order valence-corrected chi connectivity index (χ2v) is 6.34. The number of aromatic nitrogens is 3. The van der Waals surface area contributed by atoms with Crippen molar-refractivity contribution in [3.05, 3.63) is 46.5 Å². The average molecular weight is 272 g/mol. The van der Waals surface area contributed by atoms with E-state index in [4.69, 9.17) is 5.73 Å². The molecule has 0 amide bonds. The molecule has 2 N–H and O–H groups in total. The fourth-order valence-electron chi connectivity index (χ4n) is 2.47. The van der Waals surface area contributed by atoms with Gasteiger partial charge in [-0.15, -0.1) is 10.2 Å². The molecule has 0 aliphatic rings. The maximum Gasteiger partial charge on any atom is 0.147 e. The van der Waals surface area contributed by atoms with Crippen molar-refractivity contribution < 1.29 is 0 Å². The topological polar surface area (TPSA) is 56.7 Å². The molecule has 0 atom stereocenters. The third kappa shape index (κ3) is 2.90. The second kappa shape index (κ2) is 5.37. The van der Waals surface area contributed by atoms with E-state index >= 15 is 0 Å². The van der Waals surface area contributed by atoms with E-state index in [0.717, 1.165) is 18.1 Å². The smallest absolute Gasteiger partial charge is 0.147 e. The molecule has 0 radical (unpaired) electrons. The van der Waals surface area contributed by atoms with Crippen LogP contribution in [0, 0.1) is 13.8 Å². The fraction of sp³-hybridized carbons (Fsp3) is 0.500. The highest BCUT2D eigenvalue weighted by Gasteiger charge is 2.22. The third-order valence-electron chi connectivity index (χ3n) is 3.58. The van der Waals surface area contributed by atoms with Gasteiger partial charge in [-0.3, -0.25) is 0 Å². The largest absolute Gasteiger partial charge is 0.324 e. The number of hydrogen-bond donors (Lipinski definition) is 1. The third-order valence-corrected chi connectivity index (χ3v) is 3.58. The summed E-state index contributed by atoms with van der Waals surface area (Å²) in [5.74, 6) is 1.82. The molecule has 2 aromatic rings.